The number of ether oxygens (including phenoxy) is 1. The lowest BCUT2D eigenvalue weighted by molar-refractivity contribution is -0.123. The van der Waals surface area contributed by atoms with Crippen LogP contribution in [0, 0.1) is 5.92 Å². The number of rotatable bonds is 5. The van der Waals surface area contributed by atoms with Crippen molar-refractivity contribution < 1.29 is 9.53 Å². The molecule has 0 heterocycles. The maximum atomic E-state index is 12.0. The second-order valence-corrected chi connectivity index (χ2v) is 6.17. The van der Waals surface area contributed by atoms with Gasteiger partial charge in [0.05, 0.1) is 12.0 Å². The van der Waals surface area contributed by atoms with Gasteiger partial charge in [0.1, 0.15) is 0 Å². The molecular formula is C15H18BrNO2. The molecule has 1 aromatic rings. The Hall–Kier alpha value is -0.870. The predicted molar refractivity (Wildman–Crippen MR) is 77.0 cm³/mol. The van der Waals surface area contributed by atoms with E-state index in [0.717, 1.165) is 17.3 Å². The van der Waals surface area contributed by atoms with E-state index >= 15 is 0 Å². The Labute approximate surface area is 121 Å². The average molecular weight is 324 g/mol. The van der Waals surface area contributed by atoms with Crippen LogP contribution in [-0.4, -0.2) is 24.7 Å². The van der Waals surface area contributed by atoms with Crippen LogP contribution in [0.1, 0.15) is 31.2 Å². The van der Waals surface area contributed by atoms with Gasteiger partial charge in [-0.15, -0.1) is 0 Å². The molecule has 1 amide bonds. The van der Waals surface area contributed by atoms with Gasteiger partial charge in [-0.2, -0.15) is 0 Å². The summed E-state index contributed by atoms with van der Waals surface area (Å²) >= 11 is 3.57. The highest BCUT2D eigenvalue weighted by Gasteiger charge is 2.47. The standard InChI is InChI=1S/C15H18BrNO2/c1-2-19-14-8-11(14)15(18)17-13-7-10(13)9-5-3-4-6-12(9)16/h3-6,10-11,13-14H,2,7-8H2,1H3,(H,17,18)/t10-,11-,13-,14+/m0/s1. The summed E-state index contributed by atoms with van der Waals surface area (Å²) < 4.78 is 6.59. The number of carbonyl (C=O) groups excluding carboxylic acids is 1. The van der Waals surface area contributed by atoms with E-state index in [-0.39, 0.29) is 17.9 Å². The fourth-order valence-corrected chi connectivity index (χ4v) is 3.19. The molecule has 4 heteroatoms. The second-order valence-electron chi connectivity index (χ2n) is 5.31. The molecular weight excluding hydrogens is 306 g/mol. The van der Waals surface area contributed by atoms with E-state index in [1.807, 2.05) is 19.1 Å². The highest BCUT2D eigenvalue weighted by atomic mass is 79.9. The van der Waals surface area contributed by atoms with E-state index < -0.39 is 0 Å². The third-order valence-corrected chi connectivity index (χ3v) is 4.59. The van der Waals surface area contributed by atoms with Crippen molar-refractivity contribution in [3.05, 3.63) is 34.3 Å². The summed E-state index contributed by atoms with van der Waals surface area (Å²) in [6.45, 7) is 2.66. The van der Waals surface area contributed by atoms with Crippen molar-refractivity contribution in [1.29, 1.82) is 0 Å². The Balaban J connectivity index is 1.52. The van der Waals surface area contributed by atoms with Crippen molar-refractivity contribution in [3.8, 4) is 0 Å². The maximum Gasteiger partial charge on any atom is 0.226 e. The molecule has 0 spiro atoms. The molecule has 2 aliphatic rings. The third kappa shape index (κ3) is 2.84. The average Bonchev–Trinajstić information content (AvgIpc) is 3.27. The summed E-state index contributed by atoms with van der Waals surface area (Å²) in [7, 11) is 0. The zero-order chi connectivity index (χ0) is 13.4. The van der Waals surface area contributed by atoms with Crippen LogP contribution in [0.4, 0.5) is 0 Å². The van der Waals surface area contributed by atoms with Gasteiger partial charge in [0.15, 0.2) is 0 Å². The van der Waals surface area contributed by atoms with Gasteiger partial charge in [-0.3, -0.25) is 4.79 Å². The lowest BCUT2D eigenvalue weighted by Crippen LogP contribution is -2.29. The molecule has 2 saturated carbocycles. The Morgan fingerprint density at radius 3 is 2.95 bits per heavy atom. The summed E-state index contributed by atoms with van der Waals surface area (Å²) in [6.07, 6.45) is 2.08. The Morgan fingerprint density at radius 1 is 1.42 bits per heavy atom. The van der Waals surface area contributed by atoms with E-state index in [9.17, 15) is 4.79 Å². The predicted octanol–water partition coefficient (Wildman–Crippen LogP) is 2.85. The molecule has 0 unspecified atom stereocenters. The van der Waals surface area contributed by atoms with Gasteiger partial charge in [0.25, 0.3) is 0 Å². The minimum Gasteiger partial charge on any atom is -0.378 e. The molecule has 0 radical (unpaired) electrons. The number of nitrogens with one attached hydrogen (secondary N) is 1. The number of halogens is 1. The molecule has 3 nitrogen and oxygen atoms in total. The van der Waals surface area contributed by atoms with E-state index in [4.69, 9.17) is 4.74 Å². The molecule has 1 N–H and O–H groups in total. The van der Waals surface area contributed by atoms with Crippen molar-refractivity contribution in [1.82, 2.24) is 5.32 Å². The number of benzene rings is 1. The fraction of sp³-hybridized carbons (Fsp3) is 0.533. The molecule has 0 bridgehead atoms. The summed E-state index contributed by atoms with van der Waals surface area (Å²) in [4.78, 5) is 12.0. The van der Waals surface area contributed by atoms with Crippen molar-refractivity contribution in [2.24, 2.45) is 5.92 Å². The molecule has 1 aromatic carbocycles. The topological polar surface area (TPSA) is 38.3 Å². The molecule has 3 rings (SSSR count). The maximum absolute atomic E-state index is 12.0. The van der Waals surface area contributed by atoms with Crippen LogP contribution >= 0.6 is 15.9 Å². The zero-order valence-electron chi connectivity index (χ0n) is 10.9. The minimum absolute atomic E-state index is 0.0837. The van der Waals surface area contributed by atoms with Crippen LogP contribution in [0.3, 0.4) is 0 Å². The van der Waals surface area contributed by atoms with Gasteiger partial charge in [-0.25, -0.2) is 0 Å². The first kappa shape index (κ1) is 13.1. The Kier molecular flexibility index (Phi) is 3.63. The van der Waals surface area contributed by atoms with E-state index in [2.05, 4.69) is 33.4 Å². The van der Waals surface area contributed by atoms with Crippen molar-refractivity contribution in [2.75, 3.05) is 6.61 Å². The largest absolute Gasteiger partial charge is 0.378 e. The van der Waals surface area contributed by atoms with Crippen LogP contribution in [0.25, 0.3) is 0 Å². The summed E-state index contributed by atoms with van der Waals surface area (Å²) in [5.74, 6) is 0.710. The van der Waals surface area contributed by atoms with E-state index in [1.54, 1.807) is 0 Å². The van der Waals surface area contributed by atoms with Crippen LogP contribution in [0.15, 0.2) is 28.7 Å². The van der Waals surface area contributed by atoms with Gasteiger partial charge in [0.2, 0.25) is 5.91 Å². The zero-order valence-corrected chi connectivity index (χ0v) is 12.5. The van der Waals surface area contributed by atoms with Crippen molar-refractivity contribution in [2.45, 2.75) is 37.8 Å². The molecule has 0 aromatic heterocycles. The van der Waals surface area contributed by atoms with Crippen LogP contribution in [0.5, 0.6) is 0 Å². The molecule has 2 fully saturated rings. The third-order valence-electron chi connectivity index (χ3n) is 3.87. The molecule has 2 aliphatic carbocycles. The van der Waals surface area contributed by atoms with Crippen LogP contribution in [-0.2, 0) is 9.53 Å². The monoisotopic (exact) mass is 323 g/mol. The lowest BCUT2D eigenvalue weighted by atomic mass is 10.1. The first-order chi connectivity index (χ1) is 9.20. The highest BCUT2D eigenvalue weighted by Crippen LogP contribution is 2.44. The second kappa shape index (κ2) is 5.25. The number of carbonyl (C=O) groups is 1. The van der Waals surface area contributed by atoms with Crippen molar-refractivity contribution in [3.63, 3.8) is 0 Å². The van der Waals surface area contributed by atoms with Crippen LogP contribution in [0.2, 0.25) is 0 Å². The molecule has 102 valence electrons. The first-order valence-corrected chi connectivity index (χ1v) is 7.66. The quantitative estimate of drug-likeness (QED) is 0.904. The van der Waals surface area contributed by atoms with Gasteiger partial charge >= 0.3 is 0 Å². The number of hydrogen-bond donors (Lipinski definition) is 1. The Morgan fingerprint density at radius 2 is 2.21 bits per heavy atom. The lowest BCUT2D eigenvalue weighted by Gasteiger charge is -2.06. The molecule has 19 heavy (non-hydrogen) atoms. The summed E-state index contributed by atoms with van der Waals surface area (Å²) in [5, 5.41) is 3.14. The highest BCUT2D eigenvalue weighted by molar-refractivity contribution is 9.10. The van der Waals surface area contributed by atoms with Gasteiger partial charge in [-0.05, 0) is 31.4 Å². The minimum atomic E-state index is 0.0837. The smallest absolute Gasteiger partial charge is 0.226 e. The SMILES string of the molecule is CCO[C@@H]1C[C@@H]1C(=O)N[C@H]1C[C@H]1c1ccccc1Br. The number of amides is 1. The van der Waals surface area contributed by atoms with Gasteiger partial charge in [-0.1, -0.05) is 34.1 Å². The molecule has 0 saturated heterocycles. The summed E-state index contributed by atoms with van der Waals surface area (Å²) in [5.41, 5.74) is 1.30. The fourth-order valence-electron chi connectivity index (χ4n) is 2.61. The van der Waals surface area contributed by atoms with Gasteiger partial charge < -0.3 is 10.1 Å². The first-order valence-electron chi connectivity index (χ1n) is 6.87. The van der Waals surface area contributed by atoms with Gasteiger partial charge in [0, 0.05) is 23.0 Å². The molecule has 0 aliphatic heterocycles. The van der Waals surface area contributed by atoms with Crippen LogP contribution < -0.4 is 5.32 Å². The summed E-state index contributed by atoms with van der Waals surface area (Å²) in [6, 6.07) is 8.54. The normalized spacial score (nSPS) is 31.9. The number of hydrogen-bond acceptors (Lipinski definition) is 2. The molecule has 4 atom stereocenters. The van der Waals surface area contributed by atoms with Crippen molar-refractivity contribution >= 4 is 21.8 Å². The van der Waals surface area contributed by atoms with E-state index in [1.165, 1.54) is 5.56 Å². The Bertz CT molecular complexity index is 491. The van der Waals surface area contributed by atoms with E-state index in [0.29, 0.717) is 18.6 Å².